The number of rotatable bonds is 2. The van der Waals surface area contributed by atoms with Crippen LogP contribution < -0.4 is 10.1 Å². The predicted octanol–water partition coefficient (Wildman–Crippen LogP) is 3.93. The Morgan fingerprint density at radius 2 is 2.05 bits per heavy atom. The number of methoxy groups -OCH3 is 1. The lowest BCUT2D eigenvalue weighted by Crippen LogP contribution is -2.10. The monoisotopic (exact) mass is 320 g/mol. The molecule has 0 saturated heterocycles. The number of hydrogen-bond acceptors (Lipinski definition) is 3. The van der Waals surface area contributed by atoms with E-state index in [9.17, 15) is 0 Å². The maximum atomic E-state index is 5.46. The molecular formula is C15H17BrN2O. The van der Waals surface area contributed by atoms with E-state index in [0.717, 1.165) is 34.0 Å². The first-order valence-corrected chi connectivity index (χ1v) is 7.41. The number of pyridine rings is 1. The van der Waals surface area contributed by atoms with E-state index in [1.165, 1.54) is 29.8 Å². The number of aryl methyl sites for hydroxylation is 1. The summed E-state index contributed by atoms with van der Waals surface area (Å²) in [5.74, 6) is 0.836. The summed E-state index contributed by atoms with van der Waals surface area (Å²) in [6, 6.07) is 3.99. The number of halogens is 1. The number of aromatic nitrogens is 1. The van der Waals surface area contributed by atoms with Crippen LogP contribution in [0.1, 0.15) is 24.1 Å². The van der Waals surface area contributed by atoms with E-state index >= 15 is 0 Å². The number of hydrogen-bond donors (Lipinski definition) is 1. The number of nitrogens with one attached hydrogen (secondary N) is 1. The second-order valence-corrected chi connectivity index (χ2v) is 5.70. The van der Waals surface area contributed by atoms with Gasteiger partial charge in [-0.3, -0.25) is 0 Å². The van der Waals surface area contributed by atoms with Gasteiger partial charge in [0.15, 0.2) is 0 Å². The maximum Gasteiger partial charge on any atom is 0.145 e. The standard InChI is InChI=1S/C15H17BrN2O/c1-17-14-9-5-3-4-6-11(9)18-15-12(19-2)8-7-10(16)13(14)15/h7-8H,3-6H2,1-2H3,(H,17,18). The van der Waals surface area contributed by atoms with E-state index in [1.807, 2.05) is 19.2 Å². The molecule has 4 heteroatoms. The molecule has 1 aromatic heterocycles. The Bertz CT molecular complexity index is 640. The van der Waals surface area contributed by atoms with Gasteiger partial charge in [0, 0.05) is 28.3 Å². The average Bonchev–Trinajstić information content (AvgIpc) is 2.45. The Hall–Kier alpha value is -1.29. The van der Waals surface area contributed by atoms with Crippen LogP contribution in [0.2, 0.25) is 0 Å². The zero-order valence-electron chi connectivity index (χ0n) is 11.2. The van der Waals surface area contributed by atoms with E-state index in [4.69, 9.17) is 9.72 Å². The Morgan fingerprint density at radius 3 is 2.79 bits per heavy atom. The van der Waals surface area contributed by atoms with Gasteiger partial charge in [-0.1, -0.05) is 15.9 Å². The fraction of sp³-hybridized carbons (Fsp3) is 0.400. The van der Waals surface area contributed by atoms with Crippen LogP contribution in [-0.4, -0.2) is 19.1 Å². The van der Waals surface area contributed by atoms with Crippen LogP contribution in [0.25, 0.3) is 10.9 Å². The summed E-state index contributed by atoms with van der Waals surface area (Å²) in [4.78, 5) is 4.86. The smallest absolute Gasteiger partial charge is 0.145 e. The molecule has 1 aliphatic rings. The van der Waals surface area contributed by atoms with Gasteiger partial charge in [-0.05, 0) is 43.4 Å². The number of ether oxygens (including phenoxy) is 1. The first-order chi connectivity index (χ1) is 9.26. The molecule has 0 unspecified atom stereocenters. The molecule has 3 rings (SSSR count). The summed E-state index contributed by atoms with van der Waals surface area (Å²) >= 11 is 3.64. The molecule has 0 bridgehead atoms. The molecular weight excluding hydrogens is 304 g/mol. The van der Waals surface area contributed by atoms with Crippen molar-refractivity contribution in [2.75, 3.05) is 19.5 Å². The molecule has 0 spiro atoms. The lowest BCUT2D eigenvalue weighted by atomic mass is 9.92. The van der Waals surface area contributed by atoms with Crippen molar-refractivity contribution < 1.29 is 4.74 Å². The molecule has 3 nitrogen and oxygen atoms in total. The molecule has 1 N–H and O–H groups in total. The minimum absolute atomic E-state index is 0.836. The minimum atomic E-state index is 0.836. The molecule has 19 heavy (non-hydrogen) atoms. The van der Waals surface area contributed by atoms with Crippen LogP contribution in [0, 0.1) is 0 Å². The van der Waals surface area contributed by atoms with Crippen molar-refractivity contribution in [1.82, 2.24) is 4.98 Å². The highest BCUT2D eigenvalue weighted by molar-refractivity contribution is 9.10. The Balaban J connectivity index is 2.42. The Kier molecular flexibility index (Phi) is 3.35. The van der Waals surface area contributed by atoms with Gasteiger partial charge >= 0.3 is 0 Å². The Labute approximate surface area is 121 Å². The lowest BCUT2D eigenvalue weighted by Gasteiger charge is -2.21. The molecule has 1 aromatic carbocycles. The third-order valence-electron chi connectivity index (χ3n) is 3.80. The molecule has 0 saturated carbocycles. The minimum Gasteiger partial charge on any atom is -0.494 e. The van der Waals surface area contributed by atoms with Crippen molar-refractivity contribution in [3.8, 4) is 5.75 Å². The van der Waals surface area contributed by atoms with Gasteiger partial charge in [-0.15, -0.1) is 0 Å². The van der Waals surface area contributed by atoms with Gasteiger partial charge < -0.3 is 10.1 Å². The summed E-state index contributed by atoms with van der Waals surface area (Å²) in [5.41, 5.74) is 4.74. The van der Waals surface area contributed by atoms with E-state index in [0.29, 0.717) is 0 Å². The fourth-order valence-corrected chi connectivity index (χ4v) is 3.42. The molecule has 100 valence electrons. The van der Waals surface area contributed by atoms with Crippen LogP contribution >= 0.6 is 15.9 Å². The van der Waals surface area contributed by atoms with E-state index in [2.05, 4.69) is 21.2 Å². The molecule has 1 heterocycles. The van der Waals surface area contributed by atoms with E-state index in [1.54, 1.807) is 7.11 Å². The highest BCUT2D eigenvalue weighted by Gasteiger charge is 2.20. The topological polar surface area (TPSA) is 34.2 Å². The van der Waals surface area contributed by atoms with Gasteiger partial charge in [-0.2, -0.15) is 0 Å². The number of nitrogens with zero attached hydrogens (tertiary/aromatic N) is 1. The molecule has 0 amide bonds. The largest absolute Gasteiger partial charge is 0.494 e. The lowest BCUT2D eigenvalue weighted by molar-refractivity contribution is 0.418. The first-order valence-electron chi connectivity index (χ1n) is 6.62. The maximum absolute atomic E-state index is 5.46. The van der Waals surface area contributed by atoms with Crippen LogP contribution in [0.3, 0.4) is 0 Å². The van der Waals surface area contributed by atoms with E-state index < -0.39 is 0 Å². The molecule has 0 aliphatic heterocycles. The van der Waals surface area contributed by atoms with Crippen LogP contribution in [0.5, 0.6) is 5.75 Å². The molecule has 0 radical (unpaired) electrons. The highest BCUT2D eigenvalue weighted by Crippen LogP contribution is 2.40. The second kappa shape index (κ2) is 5.00. The predicted molar refractivity (Wildman–Crippen MR) is 82.2 cm³/mol. The van der Waals surface area contributed by atoms with Gasteiger partial charge in [0.05, 0.1) is 7.11 Å². The molecule has 2 aromatic rings. The van der Waals surface area contributed by atoms with Crippen molar-refractivity contribution in [2.24, 2.45) is 0 Å². The van der Waals surface area contributed by atoms with E-state index in [-0.39, 0.29) is 0 Å². The third-order valence-corrected chi connectivity index (χ3v) is 4.46. The SMILES string of the molecule is CNc1c2c(nc3c(OC)ccc(Br)c13)CCCC2. The van der Waals surface area contributed by atoms with Crippen LogP contribution in [-0.2, 0) is 12.8 Å². The van der Waals surface area contributed by atoms with Gasteiger partial charge in [-0.25, -0.2) is 4.98 Å². The summed E-state index contributed by atoms with van der Waals surface area (Å²) in [6.07, 6.45) is 4.65. The zero-order chi connectivity index (χ0) is 13.4. The second-order valence-electron chi connectivity index (χ2n) is 4.84. The first kappa shape index (κ1) is 12.7. The molecule has 0 atom stereocenters. The fourth-order valence-electron chi connectivity index (χ4n) is 2.90. The zero-order valence-corrected chi connectivity index (χ0v) is 12.8. The highest BCUT2D eigenvalue weighted by atomic mass is 79.9. The van der Waals surface area contributed by atoms with Crippen molar-refractivity contribution in [2.45, 2.75) is 25.7 Å². The average molecular weight is 321 g/mol. The van der Waals surface area contributed by atoms with Gasteiger partial charge in [0.25, 0.3) is 0 Å². The van der Waals surface area contributed by atoms with Crippen molar-refractivity contribution in [3.05, 3.63) is 27.9 Å². The summed E-state index contributed by atoms with van der Waals surface area (Å²) < 4.78 is 6.53. The van der Waals surface area contributed by atoms with Crippen molar-refractivity contribution in [1.29, 1.82) is 0 Å². The molecule has 1 aliphatic carbocycles. The van der Waals surface area contributed by atoms with Gasteiger partial charge in [0.1, 0.15) is 11.3 Å². The summed E-state index contributed by atoms with van der Waals surface area (Å²) in [7, 11) is 3.68. The summed E-state index contributed by atoms with van der Waals surface area (Å²) in [5, 5.41) is 4.49. The van der Waals surface area contributed by atoms with Crippen LogP contribution in [0.15, 0.2) is 16.6 Å². The quantitative estimate of drug-likeness (QED) is 0.910. The molecule has 0 fully saturated rings. The van der Waals surface area contributed by atoms with Crippen molar-refractivity contribution >= 4 is 32.5 Å². The third kappa shape index (κ3) is 1.98. The summed E-state index contributed by atoms with van der Waals surface area (Å²) in [6.45, 7) is 0. The van der Waals surface area contributed by atoms with Crippen molar-refractivity contribution in [3.63, 3.8) is 0 Å². The number of fused-ring (bicyclic) bond motifs is 2. The van der Waals surface area contributed by atoms with Crippen LogP contribution in [0.4, 0.5) is 5.69 Å². The number of anilines is 1. The normalized spacial score (nSPS) is 14.3. The Morgan fingerprint density at radius 1 is 1.26 bits per heavy atom. The number of benzene rings is 1. The van der Waals surface area contributed by atoms with Gasteiger partial charge in [0.2, 0.25) is 0 Å².